The maximum Gasteiger partial charge on any atom is 0.338 e. The van der Waals surface area contributed by atoms with Gasteiger partial charge < -0.3 is 4.90 Å². The number of amides is 2. The molecule has 5 nitrogen and oxygen atoms in total. The van der Waals surface area contributed by atoms with Crippen LogP contribution in [0, 0.1) is 0 Å². The monoisotopic (exact) mass is 294 g/mol. The first-order valence-corrected chi connectivity index (χ1v) is 7.07. The molecule has 0 aliphatic carbocycles. The number of carbonyl (C=O) groups is 1. The van der Waals surface area contributed by atoms with E-state index in [1.54, 1.807) is 16.8 Å². The van der Waals surface area contributed by atoms with E-state index in [1.165, 1.54) is 0 Å². The first-order chi connectivity index (χ1) is 10.6. The highest BCUT2D eigenvalue weighted by Crippen LogP contribution is 2.27. The summed E-state index contributed by atoms with van der Waals surface area (Å²) in [6.45, 7) is 0. The predicted molar refractivity (Wildman–Crippen MR) is 89.9 cm³/mol. The van der Waals surface area contributed by atoms with Gasteiger partial charge in [0, 0.05) is 26.8 Å². The Kier molecular flexibility index (Phi) is 3.55. The molecule has 1 aliphatic rings. The molecule has 1 heterocycles. The van der Waals surface area contributed by atoms with Gasteiger partial charge in [0.2, 0.25) is 5.96 Å². The van der Waals surface area contributed by atoms with Crippen LogP contribution in [0.2, 0.25) is 0 Å². The predicted octanol–water partition coefficient (Wildman–Crippen LogP) is 3.31. The molecule has 22 heavy (non-hydrogen) atoms. The molecule has 3 rings (SSSR count). The molecule has 2 aromatic carbocycles. The largest absolute Gasteiger partial charge is 0.378 e. The van der Waals surface area contributed by atoms with Gasteiger partial charge in [0.1, 0.15) is 0 Å². The summed E-state index contributed by atoms with van der Waals surface area (Å²) in [5, 5.41) is 0. The van der Waals surface area contributed by atoms with E-state index in [4.69, 9.17) is 0 Å². The molecule has 0 spiro atoms. The van der Waals surface area contributed by atoms with Crippen molar-refractivity contribution in [1.29, 1.82) is 0 Å². The lowest BCUT2D eigenvalue weighted by atomic mass is 10.2. The molecule has 5 heteroatoms. The summed E-state index contributed by atoms with van der Waals surface area (Å²) < 4.78 is 0. The number of hydrogen-bond acceptors (Lipinski definition) is 3. The van der Waals surface area contributed by atoms with Crippen LogP contribution in [-0.2, 0) is 0 Å². The van der Waals surface area contributed by atoms with Crippen LogP contribution < -0.4 is 9.80 Å². The SMILES string of the molecule is CN1C(=O)N(c2ccccc2)C1=Nc1ccc(N(C)C)cc1. The highest BCUT2D eigenvalue weighted by Gasteiger charge is 2.39. The van der Waals surface area contributed by atoms with Crippen LogP contribution in [0.25, 0.3) is 0 Å². The van der Waals surface area contributed by atoms with Crippen LogP contribution in [0.15, 0.2) is 59.6 Å². The zero-order valence-corrected chi connectivity index (χ0v) is 12.9. The van der Waals surface area contributed by atoms with E-state index in [0.717, 1.165) is 17.1 Å². The van der Waals surface area contributed by atoms with Crippen LogP contribution >= 0.6 is 0 Å². The summed E-state index contributed by atoms with van der Waals surface area (Å²) in [4.78, 5) is 21.8. The van der Waals surface area contributed by atoms with Crippen molar-refractivity contribution in [3.8, 4) is 0 Å². The molecule has 2 aromatic rings. The Balaban J connectivity index is 1.90. The maximum absolute atomic E-state index is 12.1. The van der Waals surface area contributed by atoms with Gasteiger partial charge in [-0.25, -0.2) is 14.7 Å². The lowest BCUT2D eigenvalue weighted by Crippen LogP contribution is -2.63. The lowest BCUT2D eigenvalue weighted by Gasteiger charge is -2.40. The van der Waals surface area contributed by atoms with E-state index in [-0.39, 0.29) is 6.03 Å². The van der Waals surface area contributed by atoms with E-state index in [2.05, 4.69) is 4.99 Å². The molecular weight excluding hydrogens is 276 g/mol. The van der Waals surface area contributed by atoms with Crippen LogP contribution in [0.4, 0.5) is 21.9 Å². The molecule has 0 saturated carbocycles. The van der Waals surface area contributed by atoms with E-state index in [1.807, 2.05) is 73.6 Å². The minimum atomic E-state index is -0.0742. The van der Waals surface area contributed by atoms with Crippen molar-refractivity contribution >= 4 is 29.1 Å². The first kappa shape index (κ1) is 14.1. The Morgan fingerprint density at radius 1 is 0.955 bits per heavy atom. The fourth-order valence-corrected chi connectivity index (χ4v) is 2.30. The van der Waals surface area contributed by atoms with Crippen molar-refractivity contribution < 1.29 is 4.79 Å². The fraction of sp³-hybridized carbons (Fsp3) is 0.176. The first-order valence-electron chi connectivity index (χ1n) is 7.07. The Bertz CT molecular complexity index is 707. The van der Waals surface area contributed by atoms with Crippen LogP contribution in [-0.4, -0.2) is 38.0 Å². The second-order valence-electron chi connectivity index (χ2n) is 5.34. The number of rotatable bonds is 3. The molecule has 1 fully saturated rings. The number of benzene rings is 2. The smallest absolute Gasteiger partial charge is 0.338 e. The van der Waals surface area contributed by atoms with Gasteiger partial charge in [-0.05, 0) is 36.4 Å². The molecule has 1 saturated heterocycles. The number of hydrogen-bond donors (Lipinski definition) is 0. The number of guanidine groups is 1. The molecule has 0 aromatic heterocycles. The van der Waals surface area contributed by atoms with Crippen LogP contribution in [0.3, 0.4) is 0 Å². The highest BCUT2D eigenvalue weighted by atomic mass is 16.2. The molecule has 0 N–H and O–H groups in total. The lowest BCUT2D eigenvalue weighted by molar-refractivity contribution is 0.225. The maximum atomic E-state index is 12.1. The minimum Gasteiger partial charge on any atom is -0.378 e. The van der Waals surface area contributed by atoms with Gasteiger partial charge in [-0.3, -0.25) is 4.90 Å². The van der Waals surface area contributed by atoms with Crippen molar-refractivity contribution in [2.75, 3.05) is 30.9 Å². The Hall–Kier alpha value is -2.82. The van der Waals surface area contributed by atoms with Crippen molar-refractivity contribution in [1.82, 2.24) is 4.90 Å². The number of para-hydroxylation sites is 1. The summed E-state index contributed by atoms with van der Waals surface area (Å²) in [5.74, 6) is 0.633. The van der Waals surface area contributed by atoms with Crippen molar-refractivity contribution in [3.63, 3.8) is 0 Å². The zero-order valence-electron chi connectivity index (χ0n) is 12.9. The Labute approximate surface area is 130 Å². The molecule has 0 bridgehead atoms. The summed E-state index contributed by atoms with van der Waals surface area (Å²) >= 11 is 0. The summed E-state index contributed by atoms with van der Waals surface area (Å²) in [6, 6.07) is 17.4. The molecule has 0 unspecified atom stereocenters. The van der Waals surface area contributed by atoms with E-state index < -0.39 is 0 Å². The summed E-state index contributed by atoms with van der Waals surface area (Å²) in [5.41, 5.74) is 2.76. The average Bonchev–Trinajstić information content (AvgIpc) is 2.55. The van der Waals surface area contributed by atoms with Crippen LogP contribution in [0.5, 0.6) is 0 Å². The molecule has 2 amide bonds. The third-order valence-electron chi connectivity index (χ3n) is 3.59. The summed E-state index contributed by atoms with van der Waals surface area (Å²) in [6.07, 6.45) is 0. The van der Waals surface area contributed by atoms with Gasteiger partial charge in [-0.15, -0.1) is 0 Å². The Morgan fingerprint density at radius 2 is 1.59 bits per heavy atom. The van der Waals surface area contributed by atoms with Gasteiger partial charge in [0.05, 0.1) is 11.4 Å². The van der Waals surface area contributed by atoms with Gasteiger partial charge in [0.15, 0.2) is 0 Å². The molecule has 0 atom stereocenters. The number of nitrogens with zero attached hydrogens (tertiary/aromatic N) is 4. The van der Waals surface area contributed by atoms with E-state index in [9.17, 15) is 4.79 Å². The fourth-order valence-electron chi connectivity index (χ4n) is 2.30. The third kappa shape index (κ3) is 2.41. The number of urea groups is 1. The quantitative estimate of drug-likeness (QED) is 0.871. The van der Waals surface area contributed by atoms with Crippen molar-refractivity contribution in [2.45, 2.75) is 0 Å². The van der Waals surface area contributed by atoms with Gasteiger partial charge in [0.25, 0.3) is 0 Å². The standard InChI is InChI=1S/C17H18N4O/c1-19(2)14-11-9-13(10-12-14)18-16-20(3)17(22)21(16)15-7-5-4-6-8-15/h4-12H,1-3H3. The molecular formula is C17H18N4O. The third-order valence-corrected chi connectivity index (χ3v) is 3.59. The second-order valence-corrected chi connectivity index (χ2v) is 5.34. The number of carbonyl (C=O) groups excluding carboxylic acids is 1. The normalized spacial score (nSPS) is 16.0. The number of aliphatic imine (C=N–C) groups is 1. The Morgan fingerprint density at radius 3 is 2.18 bits per heavy atom. The molecule has 1 aliphatic heterocycles. The second kappa shape index (κ2) is 5.52. The molecule has 112 valence electrons. The van der Waals surface area contributed by atoms with Crippen molar-refractivity contribution in [2.24, 2.45) is 4.99 Å². The minimum absolute atomic E-state index is 0.0742. The van der Waals surface area contributed by atoms with E-state index >= 15 is 0 Å². The topological polar surface area (TPSA) is 39.2 Å². The highest BCUT2D eigenvalue weighted by molar-refractivity contribution is 6.30. The summed E-state index contributed by atoms with van der Waals surface area (Å²) in [7, 11) is 5.72. The van der Waals surface area contributed by atoms with Crippen LogP contribution in [0.1, 0.15) is 0 Å². The van der Waals surface area contributed by atoms with E-state index in [0.29, 0.717) is 5.96 Å². The van der Waals surface area contributed by atoms with Gasteiger partial charge >= 0.3 is 6.03 Å². The molecule has 0 radical (unpaired) electrons. The zero-order chi connectivity index (χ0) is 15.7. The average molecular weight is 294 g/mol. The van der Waals surface area contributed by atoms with Crippen molar-refractivity contribution in [3.05, 3.63) is 54.6 Å². The van der Waals surface area contributed by atoms with Gasteiger partial charge in [-0.1, -0.05) is 18.2 Å². The number of anilines is 2. The van der Waals surface area contributed by atoms with Gasteiger partial charge in [-0.2, -0.15) is 0 Å².